The normalized spacial score (nSPS) is 12.0. The molecule has 0 aliphatic heterocycles. The third-order valence-electron chi connectivity index (χ3n) is 5.83. The molecule has 0 saturated carbocycles. The van der Waals surface area contributed by atoms with E-state index in [9.17, 15) is 0 Å². The Morgan fingerprint density at radius 3 is 0.920 bits per heavy atom. The van der Waals surface area contributed by atoms with Gasteiger partial charge in [-0.2, -0.15) is 0 Å². The first-order valence-corrected chi connectivity index (χ1v) is 12.0. The highest BCUT2D eigenvalue weighted by Crippen LogP contribution is 2.27. The van der Waals surface area contributed by atoms with Crippen LogP contribution in [0.5, 0.6) is 0 Å². The largest absolute Gasteiger partial charge is 0.325 e. The predicted octanol–water partition coefficient (Wildman–Crippen LogP) is 8.55. The van der Waals surface area contributed by atoms with E-state index in [0.29, 0.717) is 0 Å². The minimum absolute atomic E-state index is 0.141. The SMILES string of the molecule is CCCCCCCCC(N)(CCCCCCC)CCCCCCCC. The van der Waals surface area contributed by atoms with Gasteiger partial charge in [-0.1, -0.05) is 130 Å². The van der Waals surface area contributed by atoms with E-state index in [1.54, 1.807) is 0 Å². The van der Waals surface area contributed by atoms with Crippen LogP contribution in [0.4, 0.5) is 0 Å². The summed E-state index contributed by atoms with van der Waals surface area (Å²) in [4.78, 5) is 0. The maximum atomic E-state index is 6.89. The lowest BCUT2D eigenvalue weighted by Crippen LogP contribution is -2.39. The molecule has 0 atom stereocenters. The monoisotopic (exact) mass is 353 g/mol. The summed E-state index contributed by atoms with van der Waals surface area (Å²) < 4.78 is 0. The lowest BCUT2D eigenvalue weighted by atomic mass is 9.82. The molecule has 152 valence electrons. The molecule has 1 nitrogen and oxygen atoms in total. The van der Waals surface area contributed by atoms with E-state index < -0.39 is 0 Å². The van der Waals surface area contributed by atoms with E-state index >= 15 is 0 Å². The number of unbranched alkanes of at least 4 members (excludes halogenated alkanes) is 14. The second kappa shape index (κ2) is 18.7. The molecule has 0 spiro atoms. The average molecular weight is 354 g/mol. The van der Waals surface area contributed by atoms with Crippen molar-refractivity contribution in [3.8, 4) is 0 Å². The second-order valence-electron chi connectivity index (χ2n) is 8.56. The van der Waals surface area contributed by atoms with Crippen LogP contribution < -0.4 is 5.73 Å². The zero-order chi connectivity index (χ0) is 18.6. The molecule has 2 N–H and O–H groups in total. The summed E-state index contributed by atoms with van der Waals surface area (Å²) >= 11 is 0. The molecule has 0 heterocycles. The van der Waals surface area contributed by atoms with E-state index in [1.807, 2.05) is 0 Å². The Morgan fingerprint density at radius 1 is 0.400 bits per heavy atom. The van der Waals surface area contributed by atoms with Crippen molar-refractivity contribution in [2.24, 2.45) is 5.73 Å². The first-order valence-electron chi connectivity index (χ1n) is 12.0. The van der Waals surface area contributed by atoms with Gasteiger partial charge in [-0.05, 0) is 19.3 Å². The highest BCUT2D eigenvalue weighted by molar-refractivity contribution is 4.84. The van der Waals surface area contributed by atoms with Gasteiger partial charge >= 0.3 is 0 Å². The Kier molecular flexibility index (Phi) is 18.7. The van der Waals surface area contributed by atoms with Crippen LogP contribution >= 0.6 is 0 Å². The molecular weight excluding hydrogens is 302 g/mol. The average Bonchev–Trinajstić information content (AvgIpc) is 2.61. The van der Waals surface area contributed by atoms with E-state index in [0.717, 1.165) is 0 Å². The van der Waals surface area contributed by atoms with Crippen molar-refractivity contribution in [1.82, 2.24) is 0 Å². The fourth-order valence-electron chi connectivity index (χ4n) is 3.97. The molecule has 0 unspecified atom stereocenters. The Balaban J connectivity index is 4.01. The smallest absolute Gasteiger partial charge is 0.0154 e. The van der Waals surface area contributed by atoms with Crippen molar-refractivity contribution in [2.45, 2.75) is 155 Å². The third-order valence-corrected chi connectivity index (χ3v) is 5.83. The summed E-state index contributed by atoms with van der Waals surface area (Å²) in [7, 11) is 0. The third kappa shape index (κ3) is 17.1. The van der Waals surface area contributed by atoms with E-state index in [-0.39, 0.29) is 5.54 Å². The van der Waals surface area contributed by atoms with Gasteiger partial charge < -0.3 is 5.73 Å². The molecule has 1 heteroatoms. The summed E-state index contributed by atoms with van der Waals surface area (Å²) in [6.45, 7) is 6.89. The van der Waals surface area contributed by atoms with Crippen molar-refractivity contribution in [1.29, 1.82) is 0 Å². The van der Waals surface area contributed by atoms with Crippen molar-refractivity contribution in [2.75, 3.05) is 0 Å². The maximum Gasteiger partial charge on any atom is 0.0154 e. The fraction of sp³-hybridized carbons (Fsp3) is 1.00. The first-order chi connectivity index (χ1) is 12.2. The lowest BCUT2D eigenvalue weighted by Gasteiger charge is -2.30. The van der Waals surface area contributed by atoms with Crippen LogP contribution in [0.1, 0.15) is 149 Å². The number of hydrogen-bond acceptors (Lipinski definition) is 1. The highest BCUT2D eigenvalue weighted by atomic mass is 14.7. The highest BCUT2D eigenvalue weighted by Gasteiger charge is 2.23. The summed E-state index contributed by atoms with van der Waals surface area (Å²) in [5, 5.41) is 0. The van der Waals surface area contributed by atoms with Crippen LogP contribution in [0.3, 0.4) is 0 Å². The number of nitrogens with two attached hydrogens (primary N) is 1. The van der Waals surface area contributed by atoms with E-state index in [2.05, 4.69) is 20.8 Å². The van der Waals surface area contributed by atoms with Crippen molar-refractivity contribution < 1.29 is 0 Å². The van der Waals surface area contributed by atoms with Gasteiger partial charge in [0.25, 0.3) is 0 Å². The molecule has 0 aromatic rings. The molecule has 0 amide bonds. The Bertz CT molecular complexity index is 232. The zero-order valence-corrected chi connectivity index (χ0v) is 18.2. The van der Waals surface area contributed by atoms with Crippen molar-refractivity contribution in [3.63, 3.8) is 0 Å². The lowest BCUT2D eigenvalue weighted by molar-refractivity contribution is 0.302. The molecular formula is C24H51N. The molecule has 0 aliphatic carbocycles. The molecule has 0 radical (unpaired) electrons. The van der Waals surface area contributed by atoms with Gasteiger partial charge in [-0.25, -0.2) is 0 Å². The molecule has 0 bridgehead atoms. The Hall–Kier alpha value is -0.0400. The van der Waals surface area contributed by atoms with Crippen LogP contribution in [0.2, 0.25) is 0 Å². The van der Waals surface area contributed by atoms with Gasteiger partial charge in [0.15, 0.2) is 0 Å². The van der Waals surface area contributed by atoms with Gasteiger partial charge in [0, 0.05) is 5.54 Å². The molecule has 0 aromatic heterocycles. The van der Waals surface area contributed by atoms with Crippen LogP contribution in [-0.4, -0.2) is 5.54 Å². The minimum Gasteiger partial charge on any atom is -0.325 e. The second-order valence-corrected chi connectivity index (χ2v) is 8.56. The molecule has 0 fully saturated rings. The van der Waals surface area contributed by atoms with Gasteiger partial charge in [-0.15, -0.1) is 0 Å². The van der Waals surface area contributed by atoms with Gasteiger partial charge in [0.1, 0.15) is 0 Å². The molecule has 0 aliphatic rings. The van der Waals surface area contributed by atoms with Gasteiger partial charge in [-0.3, -0.25) is 0 Å². The van der Waals surface area contributed by atoms with E-state index in [4.69, 9.17) is 5.73 Å². The van der Waals surface area contributed by atoms with Gasteiger partial charge in [0.05, 0.1) is 0 Å². The predicted molar refractivity (Wildman–Crippen MR) is 116 cm³/mol. The quantitative estimate of drug-likeness (QED) is 0.218. The molecule has 25 heavy (non-hydrogen) atoms. The molecule has 0 saturated heterocycles. The summed E-state index contributed by atoms with van der Waals surface area (Å²) in [6, 6.07) is 0. The summed E-state index contributed by atoms with van der Waals surface area (Å²) in [6.07, 6.45) is 27.3. The van der Waals surface area contributed by atoms with Crippen LogP contribution in [0.25, 0.3) is 0 Å². The molecule has 0 aromatic carbocycles. The van der Waals surface area contributed by atoms with Crippen LogP contribution in [-0.2, 0) is 0 Å². The Morgan fingerprint density at radius 2 is 0.640 bits per heavy atom. The first kappa shape index (κ1) is 25.0. The Labute approximate surface area is 160 Å². The van der Waals surface area contributed by atoms with Crippen LogP contribution in [0, 0.1) is 0 Å². The van der Waals surface area contributed by atoms with Crippen molar-refractivity contribution >= 4 is 0 Å². The van der Waals surface area contributed by atoms with Gasteiger partial charge in [0.2, 0.25) is 0 Å². The zero-order valence-electron chi connectivity index (χ0n) is 18.2. The standard InChI is InChI=1S/C24H51N/c1-4-7-10-13-16-19-22-24(25,21-18-15-12-9-6-3)23-20-17-14-11-8-5-2/h4-23,25H2,1-3H3. The topological polar surface area (TPSA) is 26.0 Å². The van der Waals surface area contributed by atoms with Crippen LogP contribution in [0.15, 0.2) is 0 Å². The molecule has 0 rings (SSSR count). The minimum atomic E-state index is 0.141. The summed E-state index contributed by atoms with van der Waals surface area (Å²) in [5.41, 5.74) is 7.04. The van der Waals surface area contributed by atoms with E-state index in [1.165, 1.54) is 128 Å². The number of rotatable bonds is 20. The maximum absolute atomic E-state index is 6.89. The van der Waals surface area contributed by atoms with Crippen molar-refractivity contribution in [3.05, 3.63) is 0 Å². The number of hydrogen-bond donors (Lipinski definition) is 1. The fourth-order valence-corrected chi connectivity index (χ4v) is 3.97. The summed E-state index contributed by atoms with van der Waals surface area (Å²) in [5.74, 6) is 0.